The van der Waals surface area contributed by atoms with Crippen LogP contribution >= 0.6 is 11.8 Å². The number of nitrogens with two attached hydrogens (primary N) is 1. The van der Waals surface area contributed by atoms with Crippen LogP contribution in [0.4, 0.5) is 10.6 Å². The summed E-state index contributed by atoms with van der Waals surface area (Å²) in [5.74, 6) is 1.25. The van der Waals surface area contributed by atoms with Gasteiger partial charge in [-0.15, -0.1) is 0 Å². The number of ether oxygens (including phenoxy) is 1. The minimum absolute atomic E-state index is 0.0539. The van der Waals surface area contributed by atoms with Gasteiger partial charge in [0.05, 0.1) is 18.1 Å². The molecule has 0 spiro atoms. The van der Waals surface area contributed by atoms with Crippen LogP contribution in [0.1, 0.15) is 36.7 Å². The molecule has 8 heteroatoms. The van der Waals surface area contributed by atoms with Crippen molar-refractivity contribution in [3.63, 3.8) is 0 Å². The summed E-state index contributed by atoms with van der Waals surface area (Å²) in [7, 11) is 0. The highest BCUT2D eigenvalue weighted by Crippen LogP contribution is 2.33. The Morgan fingerprint density at radius 3 is 2.68 bits per heavy atom. The van der Waals surface area contributed by atoms with Crippen LogP contribution in [-0.4, -0.2) is 32.6 Å². The third kappa shape index (κ3) is 4.69. The first-order valence-corrected chi connectivity index (χ1v) is 9.85. The summed E-state index contributed by atoms with van der Waals surface area (Å²) in [4.78, 5) is 34.6. The monoisotopic (exact) mass is 398 g/mol. The molecule has 2 heterocycles. The first-order chi connectivity index (χ1) is 13.5. The van der Waals surface area contributed by atoms with Crippen LogP contribution in [0.3, 0.4) is 0 Å². The number of amides is 2. The molecule has 0 atom stereocenters. The molecule has 1 aromatic carbocycles. The van der Waals surface area contributed by atoms with Gasteiger partial charge in [0.15, 0.2) is 0 Å². The molecule has 1 aliphatic heterocycles. The standard InChI is InChI=1S/C20H22N4O3S/c1-3-4-9-27-16-7-5-14(6-8-16)10-17-19(25)24(20(26)28-17)12-15-11-22-13(2)23-18(15)21/h5-8,10-11H,3-4,9,12H2,1-2H3,(H2,21,22,23)/b17-10-. The number of benzene rings is 1. The van der Waals surface area contributed by atoms with Gasteiger partial charge in [0.1, 0.15) is 17.4 Å². The van der Waals surface area contributed by atoms with E-state index in [2.05, 4.69) is 16.9 Å². The molecule has 146 valence electrons. The topological polar surface area (TPSA) is 98.4 Å². The number of nitrogen functional groups attached to an aromatic ring is 1. The molecule has 0 radical (unpaired) electrons. The Hall–Kier alpha value is -2.87. The van der Waals surface area contributed by atoms with Gasteiger partial charge in [-0.1, -0.05) is 25.5 Å². The number of carbonyl (C=O) groups excluding carboxylic acids is 2. The van der Waals surface area contributed by atoms with Gasteiger partial charge in [0, 0.05) is 11.8 Å². The van der Waals surface area contributed by atoms with E-state index in [9.17, 15) is 9.59 Å². The Morgan fingerprint density at radius 1 is 1.25 bits per heavy atom. The zero-order valence-electron chi connectivity index (χ0n) is 15.8. The lowest BCUT2D eigenvalue weighted by Crippen LogP contribution is -2.28. The summed E-state index contributed by atoms with van der Waals surface area (Å²) in [6, 6.07) is 7.44. The van der Waals surface area contributed by atoms with Crippen LogP contribution in [0.25, 0.3) is 6.08 Å². The van der Waals surface area contributed by atoms with E-state index in [1.54, 1.807) is 19.2 Å². The van der Waals surface area contributed by atoms with Crippen molar-refractivity contribution in [2.24, 2.45) is 0 Å². The van der Waals surface area contributed by atoms with Gasteiger partial charge in [-0.05, 0) is 48.9 Å². The number of aryl methyl sites for hydroxylation is 1. The van der Waals surface area contributed by atoms with Crippen molar-refractivity contribution in [3.05, 3.63) is 52.3 Å². The lowest BCUT2D eigenvalue weighted by Gasteiger charge is -2.13. The average molecular weight is 398 g/mol. The van der Waals surface area contributed by atoms with E-state index < -0.39 is 0 Å². The molecule has 7 nitrogen and oxygen atoms in total. The second-order valence-corrected chi connectivity index (χ2v) is 7.36. The van der Waals surface area contributed by atoms with Gasteiger partial charge in [-0.2, -0.15) is 0 Å². The highest BCUT2D eigenvalue weighted by atomic mass is 32.2. The Morgan fingerprint density at radius 2 is 2.00 bits per heavy atom. The van der Waals surface area contributed by atoms with Crippen molar-refractivity contribution < 1.29 is 14.3 Å². The molecule has 0 aliphatic carbocycles. The van der Waals surface area contributed by atoms with E-state index in [1.165, 1.54) is 0 Å². The molecular weight excluding hydrogens is 376 g/mol. The molecule has 1 aromatic heterocycles. The molecule has 28 heavy (non-hydrogen) atoms. The maximum absolute atomic E-state index is 12.7. The van der Waals surface area contributed by atoms with Crippen molar-refractivity contribution in [1.82, 2.24) is 14.9 Å². The summed E-state index contributed by atoms with van der Waals surface area (Å²) in [5.41, 5.74) is 7.24. The number of imide groups is 1. The molecule has 0 bridgehead atoms. The van der Waals surface area contributed by atoms with Gasteiger partial charge in [-0.25, -0.2) is 9.97 Å². The fourth-order valence-corrected chi connectivity index (χ4v) is 3.43. The molecule has 1 aliphatic rings. The summed E-state index contributed by atoms with van der Waals surface area (Å²) < 4.78 is 5.63. The third-order valence-electron chi connectivity index (χ3n) is 4.17. The quantitative estimate of drug-likeness (QED) is 0.560. The zero-order valence-corrected chi connectivity index (χ0v) is 16.7. The first-order valence-electron chi connectivity index (χ1n) is 9.04. The van der Waals surface area contributed by atoms with Crippen LogP contribution in [0.15, 0.2) is 35.4 Å². The van der Waals surface area contributed by atoms with Crippen molar-refractivity contribution in [1.29, 1.82) is 0 Å². The van der Waals surface area contributed by atoms with Crippen molar-refractivity contribution in [2.45, 2.75) is 33.2 Å². The largest absolute Gasteiger partial charge is 0.494 e. The van der Waals surface area contributed by atoms with E-state index in [0.717, 1.165) is 40.8 Å². The van der Waals surface area contributed by atoms with Crippen LogP contribution in [0, 0.1) is 6.92 Å². The molecule has 2 N–H and O–H groups in total. The van der Waals surface area contributed by atoms with Crippen molar-refractivity contribution >= 4 is 34.8 Å². The number of aromatic nitrogens is 2. The van der Waals surface area contributed by atoms with E-state index in [-0.39, 0.29) is 23.5 Å². The Bertz CT molecular complexity index is 912. The fourth-order valence-electron chi connectivity index (χ4n) is 2.59. The Kier molecular flexibility index (Phi) is 6.30. The number of anilines is 1. The number of thioether (sulfide) groups is 1. The lowest BCUT2D eigenvalue weighted by molar-refractivity contribution is -0.123. The van der Waals surface area contributed by atoms with E-state index in [0.29, 0.717) is 22.9 Å². The van der Waals surface area contributed by atoms with Gasteiger partial charge < -0.3 is 10.5 Å². The van der Waals surface area contributed by atoms with E-state index in [4.69, 9.17) is 10.5 Å². The van der Waals surface area contributed by atoms with Gasteiger partial charge >= 0.3 is 0 Å². The Labute approximate surface area is 168 Å². The number of hydrogen-bond donors (Lipinski definition) is 1. The predicted molar refractivity (Wildman–Crippen MR) is 110 cm³/mol. The molecule has 1 fully saturated rings. The highest BCUT2D eigenvalue weighted by molar-refractivity contribution is 8.18. The number of hydrogen-bond acceptors (Lipinski definition) is 7. The smallest absolute Gasteiger partial charge is 0.293 e. The molecule has 0 saturated carbocycles. The van der Waals surface area contributed by atoms with E-state index in [1.807, 2.05) is 24.3 Å². The van der Waals surface area contributed by atoms with Crippen LogP contribution in [0.2, 0.25) is 0 Å². The predicted octanol–water partition coefficient (Wildman–Crippen LogP) is 3.78. The number of nitrogens with zero attached hydrogens (tertiary/aromatic N) is 3. The summed E-state index contributed by atoms with van der Waals surface area (Å²) >= 11 is 0.912. The summed E-state index contributed by atoms with van der Waals surface area (Å²) in [6.45, 7) is 4.57. The molecule has 2 aromatic rings. The number of unbranched alkanes of at least 4 members (excludes halogenated alkanes) is 1. The van der Waals surface area contributed by atoms with Crippen LogP contribution in [-0.2, 0) is 11.3 Å². The van der Waals surface area contributed by atoms with Crippen molar-refractivity contribution in [2.75, 3.05) is 12.3 Å². The SMILES string of the molecule is CCCCOc1ccc(/C=C2\SC(=O)N(Cc3cnc(C)nc3N)C2=O)cc1. The van der Waals surface area contributed by atoms with Crippen LogP contribution < -0.4 is 10.5 Å². The van der Waals surface area contributed by atoms with E-state index >= 15 is 0 Å². The first kappa shape index (κ1) is 19.9. The third-order valence-corrected chi connectivity index (χ3v) is 5.07. The normalized spacial score (nSPS) is 15.5. The maximum Gasteiger partial charge on any atom is 0.293 e. The molecule has 1 saturated heterocycles. The molecule has 3 rings (SSSR count). The average Bonchev–Trinajstić information content (AvgIpc) is 2.93. The highest BCUT2D eigenvalue weighted by Gasteiger charge is 2.35. The van der Waals surface area contributed by atoms with Gasteiger partial charge in [0.25, 0.3) is 11.1 Å². The molecular formula is C20H22N4O3S. The summed E-state index contributed by atoms with van der Waals surface area (Å²) in [6.07, 6.45) is 5.33. The van der Waals surface area contributed by atoms with Gasteiger partial charge in [-0.3, -0.25) is 14.5 Å². The minimum Gasteiger partial charge on any atom is -0.494 e. The summed E-state index contributed by atoms with van der Waals surface area (Å²) in [5, 5.41) is -0.337. The number of carbonyl (C=O) groups is 2. The second kappa shape index (κ2) is 8.88. The molecule has 2 amide bonds. The fraction of sp³-hybridized carbons (Fsp3) is 0.300. The van der Waals surface area contributed by atoms with Crippen molar-refractivity contribution in [3.8, 4) is 5.75 Å². The second-order valence-electron chi connectivity index (χ2n) is 6.37. The molecule has 0 unspecified atom stereocenters. The maximum atomic E-state index is 12.7. The van der Waals surface area contributed by atoms with Gasteiger partial charge in [0.2, 0.25) is 0 Å². The lowest BCUT2D eigenvalue weighted by atomic mass is 10.2. The zero-order chi connectivity index (χ0) is 20.1. The Balaban J connectivity index is 1.70. The minimum atomic E-state index is -0.349. The van der Waals surface area contributed by atoms with Crippen LogP contribution in [0.5, 0.6) is 5.75 Å². The number of rotatable bonds is 7.